The average Bonchev–Trinajstić information content (AvgIpc) is 2.13. The van der Waals surface area contributed by atoms with E-state index in [1.807, 2.05) is 0 Å². The molecule has 0 atom stereocenters. The van der Waals surface area contributed by atoms with Gasteiger partial charge in [-0.15, -0.1) is 0 Å². The first-order valence-electron chi connectivity index (χ1n) is 4.46. The second-order valence-electron chi connectivity index (χ2n) is 2.89. The van der Waals surface area contributed by atoms with Gasteiger partial charge in [0.05, 0.1) is 0 Å². The molecule has 2 nitrogen and oxygen atoms in total. The quantitative estimate of drug-likeness (QED) is 0.730. The van der Waals surface area contributed by atoms with E-state index in [0.717, 1.165) is 0 Å². The highest BCUT2D eigenvalue weighted by Gasteiger charge is 1.83. The molecule has 0 saturated heterocycles. The number of hydrogen-bond acceptors (Lipinski definition) is 2. The third-order valence-electron chi connectivity index (χ3n) is 1.74. The van der Waals surface area contributed by atoms with Gasteiger partial charge in [-0.25, -0.2) is 0 Å². The van der Waals surface area contributed by atoms with Crippen LogP contribution in [-0.2, 0) is 0 Å². The second kappa shape index (κ2) is 7.77. The Morgan fingerprint density at radius 3 is 1.46 bits per heavy atom. The first-order valence-corrected chi connectivity index (χ1v) is 4.46. The van der Waals surface area contributed by atoms with Gasteiger partial charge in [-0.05, 0) is 31.4 Å². The van der Waals surface area contributed by atoms with Crippen molar-refractivity contribution in [3.63, 3.8) is 0 Å². The summed E-state index contributed by atoms with van der Waals surface area (Å²) in [6.45, 7) is 4.43. The fourth-order valence-corrected chi connectivity index (χ4v) is 0.733. The van der Waals surface area contributed by atoms with Crippen LogP contribution in [0.5, 0.6) is 0 Å². The van der Waals surface area contributed by atoms with Gasteiger partial charge in [-0.3, -0.25) is 0 Å². The molecule has 74 valence electrons. The van der Waals surface area contributed by atoms with Crippen molar-refractivity contribution >= 4 is 0 Å². The van der Waals surface area contributed by atoms with E-state index < -0.39 is 0 Å². The molecule has 0 amide bonds. The van der Waals surface area contributed by atoms with E-state index in [0.29, 0.717) is 6.42 Å². The lowest BCUT2D eigenvalue weighted by Gasteiger charge is -1.93. The Kier molecular flexibility index (Phi) is 7.26. The largest absolute Gasteiger partial charge is 0.396 e. The molecule has 0 aliphatic carbocycles. The van der Waals surface area contributed by atoms with Crippen LogP contribution in [0, 0.1) is 13.8 Å². The fourth-order valence-electron chi connectivity index (χ4n) is 0.733. The molecule has 13 heavy (non-hydrogen) atoms. The topological polar surface area (TPSA) is 40.5 Å². The summed E-state index contributed by atoms with van der Waals surface area (Å²) in [6.07, 6.45) is 0.500. The average molecular weight is 182 g/mol. The van der Waals surface area contributed by atoms with Crippen LogP contribution in [0.3, 0.4) is 0 Å². The summed E-state index contributed by atoms with van der Waals surface area (Å²) in [5, 5.41) is 15.8. The highest BCUT2D eigenvalue weighted by molar-refractivity contribution is 5.23. The Labute approximate surface area is 79.9 Å². The molecule has 0 spiro atoms. The minimum atomic E-state index is 0.0938. The minimum absolute atomic E-state index is 0.0938. The molecule has 2 heteroatoms. The maximum Gasteiger partial charge on any atom is 0.0452 e. The Hall–Kier alpha value is -0.860. The van der Waals surface area contributed by atoms with Gasteiger partial charge in [0.15, 0.2) is 0 Å². The lowest BCUT2D eigenvalue weighted by atomic mass is 10.1. The molecule has 1 aromatic carbocycles. The van der Waals surface area contributed by atoms with Crippen molar-refractivity contribution in [3.05, 3.63) is 35.4 Å². The maximum absolute atomic E-state index is 7.91. The summed E-state index contributed by atoms with van der Waals surface area (Å²) < 4.78 is 0. The van der Waals surface area contributed by atoms with E-state index in [-0.39, 0.29) is 13.2 Å². The molecule has 2 N–H and O–H groups in total. The van der Waals surface area contributed by atoms with Crippen molar-refractivity contribution in [2.24, 2.45) is 0 Å². The Bertz CT molecular complexity index is 198. The van der Waals surface area contributed by atoms with Crippen LogP contribution in [0.2, 0.25) is 0 Å². The van der Waals surface area contributed by atoms with E-state index in [2.05, 4.69) is 38.1 Å². The monoisotopic (exact) mass is 182 g/mol. The minimum Gasteiger partial charge on any atom is -0.396 e. The number of aliphatic hydroxyl groups is 2. The first-order chi connectivity index (χ1) is 6.22. The molecule has 0 radical (unpaired) electrons. The Morgan fingerprint density at radius 1 is 0.923 bits per heavy atom. The molecule has 0 unspecified atom stereocenters. The molecule has 0 aliphatic heterocycles. The van der Waals surface area contributed by atoms with Gasteiger partial charge < -0.3 is 10.2 Å². The van der Waals surface area contributed by atoms with E-state index in [1.54, 1.807) is 0 Å². The number of aryl methyl sites for hydroxylation is 2. The zero-order chi connectivity index (χ0) is 10.1. The van der Waals surface area contributed by atoms with Gasteiger partial charge in [-0.2, -0.15) is 0 Å². The van der Waals surface area contributed by atoms with Crippen molar-refractivity contribution in [1.82, 2.24) is 0 Å². The van der Waals surface area contributed by atoms with Crippen LogP contribution < -0.4 is 0 Å². The zero-order valence-electron chi connectivity index (χ0n) is 8.33. The summed E-state index contributed by atoms with van der Waals surface area (Å²) in [5.41, 5.74) is 2.74. The highest BCUT2D eigenvalue weighted by Crippen LogP contribution is 2.02. The summed E-state index contributed by atoms with van der Waals surface area (Å²) in [7, 11) is 0. The summed E-state index contributed by atoms with van der Waals surface area (Å²) >= 11 is 0. The van der Waals surface area contributed by atoms with Gasteiger partial charge in [0.25, 0.3) is 0 Å². The molecular formula is C11H18O2. The van der Waals surface area contributed by atoms with Crippen molar-refractivity contribution < 1.29 is 10.2 Å². The summed E-state index contributed by atoms with van der Waals surface area (Å²) in [5.74, 6) is 0. The predicted octanol–water partition coefficient (Wildman–Crippen LogP) is 1.66. The van der Waals surface area contributed by atoms with E-state index in [4.69, 9.17) is 10.2 Å². The molecule has 1 aromatic rings. The fraction of sp³-hybridized carbons (Fsp3) is 0.455. The van der Waals surface area contributed by atoms with E-state index in [1.165, 1.54) is 11.1 Å². The zero-order valence-corrected chi connectivity index (χ0v) is 8.33. The van der Waals surface area contributed by atoms with Crippen molar-refractivity contribution in [2.45, 2.75) is 20.3 Å². The predicted molar refractivity (Wildman–Crippen MR) is 54.7 cm³/mol. The van der Waals surface area contributed by atoms with Gasteiger partial charge in [0, 0.05) is 13.2 Å². The standard InChI is InChI=1S/C8H10.C3H8O2/c1-7-5-3-4-6-8(7)2;4-2-1-3-5/h3-6H,1-2H3;4-5H,1-3H2. The van der Waals surface area contributed by atoms with Gasteiger partial charge in [0.2, 0.25) is 0 Å². The highest BCUT2D eigenvalue weighted by atomic mass is 16.3. The lowest BCUT2D eigenvalue weighted by Crippen LogP contribution is -1.85. The summed E-state index contributed by atoms with van der Waals surface area (Å²) in [4.78, 5) is 0. The van der Waals surface area contributed by atoms with E-state index >= 15 is 0 Å². The second-order valence-corrected chi connectivity index (χ2v) is 2.89. The molecule has 0 aromatic heterocycles. The number of aliphatic hydroxyl groups excluding tert-OH is 2. The molecule has 1 rings (SSSR count). The van der Waals surface area contributed by atoms with Crippen LogP contribution in [0.4, 0.5) is 0 Å². The lowest BCUT2D eigenvalue weighted by molar-refractivity contribution is 0.221. The van der Waals surface area contributed by atoms with Crippen LogP contribution in [-0.4, -0.2) is 23.4 Å². The Balaban J connectivity index is 0.000000252. The smallest absolute Gasteiger partial charge is 0.0452 e. The third-order valence-corrected chi connectivity index (χ3v) is 1.74. The summed E-state index contributed by atoms with van der Waals surface area (Å²) in [6, 6.07) is 8.36. The van der Waals surface area contributed by atoms with Gasteiger partial charge >= 0.3 is 0 Å². The molecule has 0 saturated carbocycles. The van der Waals surface area contributed by atoms with Gasteiger partial charge in [-0.1, -0.05) is 24.3 Å². The number of hydrogen-bond donors (Lipinski definition) is 2. The molecule has 0 fully saturated rings. The van der Waals surface area contributed by atoms with Crippen LogP contribution in [0.25, 0.3) is 0 Å². The SMILES string of the molecule is Cc1ccccc1C.OCCCO. The first kappa shape index (κ1) is 12.1. The number of benzene rings is 1. The molecule has 0 aliphatic rings. The maximum atomic E-state index is 7.91. The number of rotatable bonds is 2. The van der Waals surface area contributed by atoms with Crippen molar-refractivity contribution in [2.75, 3.05) is 13.2 Å². The molecular weight excluding hydrogens is 164 g/mol. The van der Waals surface area contributed by atoms with Crippen LogP contribution in [0.15, 0.2) is 24.3 Å². The van der Waals surface area contributed by atoms with Crippen LogP contribution in [0.1, 0.15) is 17.5 Å². The van der Waals surface area contributed by atoms with Crippen molar-refractivity contribution in [1.29, 1.82) is 0 Å². The normalized spacial score (nSPS) is 8.92. The Morgan fingerprint density at radius 2 is 1.31 bits per heavy atom. The third kappa shape index (κ3) is 6.31. The van der Waals surface area contributed by atoms with Crippen molar-refractivity contribution in [3.8, 4) is 0 Å². The van der Waals surface area contributed by atoms with Crippen LogP contribution >= 0.6 is 0 Å². The molecule has 0 heterocycles. The molecule has 0 bridgehead atoms. The van der Waals surface area contributed by atoms with Gasteiger partial charge in [0.1, 0.15) is 0 Å². The van der Waals surface area contributed by atoms with E-state index in [9.17, 15) is 0 Å².